The predicted molar refractivity (Wildman–Crippen MR) is 145 cm³/mol. The second-order valence-electron chi connectivity index (χ2n) is 10.9. The number of carbonyl (C=O) groups excluding carboxylic acids is 2. The molecule has 42 heavy (non-hydrogen) atoms. The van der Waals surface area contributed by atoms with Gasteiger partial charge < -0.3 is 14.4 Å². The molecule has 2 aromatic rings. The van der Waals surface area contributed by atoms with Crippen molar-refractivity contribution >= 4 is 22.1 Å². The first-order valence-corrected chi connectivity index (χ1v) is 15.6. The molecule has 0 aromatic heterocycles. The Morgan fingerprint density at radius 3 is 2.36 bits per heavy atom. The van der Waals surface area contributed by atoms with Crippen LogP contribution in [-0.2, 0) is 24.3 Å². The van der Waals surface area contributed by atoms with E-state index in [1.165, 1.54) is 27.4 Å². The van der Waals surface area contributed by atoms with E-state index in [2.05, 4.69) is 0 Å². The molecule has 0 N–H and O–H groups in total. The van der Waals surface area contributed by atoms with E-state index in [1.54, 1.807) is 13.0 Å². The molecule has 3 aliphatic rings. The van der Waals surface area contributed by atoms with Crippen LogP contribution in [0.2, 0.25) is 0 Å². The van der Waals surface area contributed by atoms with Gasteiger partial charge >= 0.3 is 12.1 Å². The smallest absolute Gasteiger partial charge is 0.410 e. The molecule has 9 nitrogen and oxygen atoms in total. The van der Waals surface area contributed by atoms with Crippen LogP contribution in [0.25, 0.3) is 0 Å². The SMILES string of the molecule is CCOC(=O)CN1CCN(C(=O)OC2([C@H]3CCC[C@@H](c4cccc(F)c4)N3S(=O)(=O)c3ccc(F)c(F)c3)CC2)CC1. The number of hydrogen-bond donors (Lipinski definition) is 0. The van der Waals surface area contributed by atoms with Gasteiger partial charge in [0.15, 0.2) is 11.6 Å². The van der Waals surface area contributed by atoms with Gasteiger partial charge in [-0.05, 0) is 74.9 Å². The van der Waals surface area contributed by atoms with Gasteiger partial charge in [0.2, 0.25) is 10.0 Å². The molecule has 0 radical (unpaired) electrons. The lowest BCUT2D eigenvalue weighted by Crippen LogP contribution is -2.55. The predicted octanol–water partition coefficient (Wildman–Crippen LogP) is 4.24. The fraction of sp³-hybridized carbons (Fsp3) is 0.517. The Hall–Kier alpha value is -3.16. The van der Waals surface area contributed by atoms with Crippen LogP contribution in [-0.4, -0.2) is 85.6 Å². The second-order valence-corrected chi connectivity index (χ2v) is 12.8. The van der Waals surface area contributed by atoms with Gasteiger partial charge in [-0.2, -0.15) is 4.31 Å². The van der Waals surface area contributed by atoms with Crippen molar-refractivity contribution in [3.8, 4) is 0 Å². The molecule has 1 amide bonds. The molecule has 2 saturated heterocycles. The van der Waals surface area contributed by atoms with Crippen LogP contribution in [0, 0.1) is 17.5 Å². The summed E-state index contributed by atoms with van der Waals surface area (Å²) in [5.41, 5.74) is -0.692. The Kier molecular flexibility index (Phi) is 8.81. The van der Waals surface area contributed by atoms with E-state index in [0.29, 0.717) is 69.9 Å². The molecule has 1 saturated carbocycles. The van der Waals surface area contributed by atoms with Gasteiger partial charge in [-0.15, -0.1) is 0 Å². The maximum absolute atomic E-state index is 14.3. The summed E-state index contributed by atoms with van der Waals surface area (Å²) in [5.74, 6) is -3.35. The van der Waals surface area contributed by atoms with Crippen LogP contribution in [0.15, 0.2) is 47.4 Å². The highest BCUT2D eigenvalue weighted by atomic mass is 32.2. The zero-order valence-corrected chi connectivity index (χ0v) is 24.1. The Bertz CT molecular complexity index is 1430. The third-order valence-electron chi connectivity index (χ3n) is 8.20. The quantitative estimate of drug-likeness (QED) is 0.413. The van der Waals surface area contributed by atoms with Crippen molar-refractivity contribution in [2.75, 3.05) is 39.3 Å². The molecule has 2 heterocycles. The third kappa shape index (κ3) is 6.28. The third-order valence-corrected chi connectivity index (χ3v) is 10.1. The number of rotatable bonds is 8. The minimum Gasteiger partial charge on any atom is -0.465 e. The monoisotopic (exact) mass is 609 g/mol. The van der Waals surface area contributed by atoms with E-state index < -0.39 is 56.1 Å². The summed E-state index contributed by atoms with van der Waals surface area (Å²) in [4.78, 5) is 28.1. The van der Waals surface area contributed by atoms with Crippen LogP contribution < -0.4 is 0 Å². The second kappa shape index (κ2) is 12.2. The van der Waals surface area contributed by atoms with Crippen LogP contribution in [0.1, 0.15) is 50.6 Å². The van der Waals surface area contributed by atoms with Gasteiger partial charge in [0.25, 0.3) is 0 Å². The van der Waals surface area contributed by atoms with Gasteiger partial charge in [0.1, 0.15) is 11.4 Å². The standard InChI is InChI=1S/C29H34F3N3O6S/c1-2-40-27(36)19-33-13-15-34(16-14-33)28(37)41-29(11-12-29)26-8-4-7-25(20-5-3-6-21(30)17-20)35(26)42(38,39)22-9-10-23(31)24(32)18-22/h3,5-6,9-10,17-18,25-26H,2,4,7-8,11-16,19H2,1H3/t25-,26+/m0/s1. The molecule has 0 unspecified atom stereocenters. The molecule has 3 fully saturated rings. The van der Waals surface area contributed by atoms with E-state index in [-0.39, 0.29) is 19.1 Å². The summed E-state index contributed by atoms with van der Waals surface area (Å²) >= 11 is 0. The van der Waals surface area contributed by atoms with E-state index in [0.717, 1.165) is 12.1 Å². The Morgan fingerprint density at radius 1 is 0.976 bits per heavy atom. The summed E-state index contributed by atoms with van der Waals surface area (Å²) in [6.45, 7) is 3.68. The Labute approximate surface area is 243 Å². The first kappa shape index (κ1) is 30.3. The van der Waals surface area contributed by atoms with Crippen molar-refractivity contribution < 1.29 is 40.7 Å². The normalized spacial score (nSPS) is 22.9. The number of ether oxygens (including phenoxy) is 2. The number of halogens is 3. The lowest BCUT2D eigenvalue weighted by atomic mass is 9.90. The maximum atomic E-state index is 14.3. The lowest BCUT2D eigenvalue weighted by Gasteiger charge is -2.45. The number of nitrogens with zero attached hydrogens (tertiary/aromatic N) is 3. The average molecular weight is 610 g/mol. The fourth-order valence-corrected chi connectivity index (χ4v) is 7.87. The number of carbonyl (C=O) groups is 2. The number of piperazine rings is 1. The molecule has 2 atom stereocenters. The van der Waals surface area contributed by atoms with Crippen molar-refractivity contribution in [3.05, 3.63) is 65.5 Å². The largest absolute Gasteiger partial charge is 0.465 e. The van der Waals surface area contributed by atoms with Crippen molar-refractivity contribution in [2.45, 2.75) is 61.6 Å². The maximum Gasteiger partial charge on any atom is 0.410 e. The minimum absolute atomic E-state index is 0.126. The molecule has 1 aliphatic carbocycles. The number of amides is 1. The molecule has 2 aliphatic heterocycles. The number of sulfonamides is 1. The van der Waals surface area contributed by atoms with Gasteiger partial charge in [-0.3, -0.25) is 9.69 Å². The van der Waals surface area contributed by atoms with Gasteiger partial charge in [0, 0.05) is 26.2 Å². The fourth-order valence-electron chi connectivity index (χ4n) is 5.94. The lowest BCUT2D eigenvalue weighted by molar-refractivity contribution is -0.144. The molecule has 228 valence electrons. The van der Waals surface area contributed by atoms with Crippen LogP contribution in [0.4, 0.5) is 18.0 Å². The summed E-state index contributed by atoms with van der Waals surface area (Å²) in [6, 6.07) is 6.44. The topological polar surface area (TPSA) is 96.5 Å². The Balaban J connectivity index is 1.39. The van der Waals surface area contributed by atoms with Crippen molar-refractivity contribution in [3.63, 3.8) is 0 Å². The van der Waals surface area contributed by atoms with Gasteiger partial charge in [-0.25, -0.2) is 26.4 Å². The van der Waals surface area contributed by atoms with Crippen LogP contribution in [0.3, 0.4) is 0 Å². The highest BCUT2D eigenvalue weighted by Crippen LogP contribution is 2.52. The first-order valence-electron chi connectivity index (χ1n) is 14.1. The summed E-state index contributed by atoms with van der Waals surface area (Å²) in [7, 11) is -4.44. The zero-order chi connectivity index (χ0) is 30.1. The van der Waals surface area contributed by atoms with Crippen molar-refractivity contribution in [2.24, 2.45) is 0 Å². The van der Waals surface area contributed by atoms with E-state index >= 15 is 0 Å². The van der Waals surface area contributed by atoms with Gasteiger partial charge in [0.05, 0.1) is 30.1 Å². The number of esters is 1. The van der Waals surface area contributed by atoms with Crippen LogP contribution in [0.5, 0.6) is 0 Å². The molecular weight excluding hydrogens is 575 g/mol. The van der Waals surface area contributed by atoms with Crippen molar-refractivity contribution in [1.82, 2.24) is 14.1 Å². The number of hydrogen-bond acceptors (Lipinski definition) is 7. The van der Waals surface area contributed by atoms with E-state index in [9.17, 15) is 31.2 Å². The van der Waals surface area contributed by atoms with E-state index in [1.807, 2.05) is 4.90 Å². The number of benzene rings is 2. The molecule has 13 heteroatoms. The van der Waals surface area contributed by atoms with E-state index in [4.69, 9.17) is 9.47 Å². The highest BCUT2D eigenvalue weighted by Gasteiger charge is 2.60. The summed E-state index contributed by atoms with van der Waals surface area (Å²) in [6.07, 6.45) is 1.59. The number of piperidine rings is 1. The molecular formula is C29H34F3N3O6S. The molecule has 0 spiro atoms. The molecule has 2 aromatic carbocycles. The zero-order valence-electron chi connectivity index (χ0n) is 23.3. The van der Waals surface area contributed by atoms with Crippen LogP contribution >= 0.6 is 0 Å². The molecule has 0 bridgehead atoms. The Morgan fingerprint density at radius 2 is 1.71 bits per heavy atom. The summed E-state index contributed by atoms with van der Waals surface area (Å²) < 4.78 is 82.7. The average Bonchev–Trinajstić information content (AvgIpc) is 3.75. The summed E-state index contributed by atoms with van der Waals surface area (Å²) in [5, 5.41) is 0. The van der Waals surface area contributed by atoms with Crippen molar-refractivity contribution in [1.29, 1.82) is 0 Å². The molecule has 5 rings (SSSR count). The van der Waals surface area contributed by atoms with Gasteiger partial charge in [-0.1, -0.05) is 12.1 Å². The first-order chi connectivity index (χ1) is 20.0. The minimum atomic E-state index is -4.44. The highest BCUT2D eigenvalue weighted by molar-refractivity contribution is 7.89.